The van der Waals surface area contributed by atoms with Gasteiger partial charge >= 0.3 is 0 Å². The monoisotopic (exact) mass is 275 g/mol. The van der Waals surface area contributed by atoms with Crippen molar-refractivity contribution in [3.63, 3.8) is 0 Å². The predicted molar refractivity (Wildman–Crippen MR) is 80.2 cm³/mol. The maximum atomic E-state index is 6.19. The van der Waals surface area contributed by atoms with Gasteiger partial charge in [0, 0.05) is 6.61 Å². The first-order valence-corrected chi connectivity index (χ1v) is 7.83. The van der Waals surface area contributed by atoms with E-state index in [1.807, 2.05) is 0 Å². The Kier molecular flexibility index (Phi) is 4.27. The van der Waals surface area contributed by atoms with Crippen LogP contribution in [0.15, 0.2) is 18.2 Å². The Bertz CT molecular complexity index is 456. The van der Waals surface area contributed by atoms with Crippen LogP contribution in [0.2, 0.25) is 0 Å². The van der Waals surface area contributed by atoms with Gasteiger partial charge in [0.1, 0.15) is 5.75 Å². The average Bonchev–Trinajstić information content (AvgIpc) is 3.30. The lowest BCUT2D eigenvalue weighted by Gasteiger charge is -2.34. The normalized spacial score (nSPS) is 25.3. The van der Waals surface area contributed by atoms with Crippen molar-refractivity contribution in [2.24, 2.45) is 5.92 Å². The van der Waals surface area contributed by atoms with E-state index in [2.05, 4.69) is 30.4 Å². The Balaban J connectivity index is 1.77. The summed E-state index contributed by atoms with van der Waals surface area (Å²) in [5.74, 6) is 1.78. The third kappa shape index (κ3) is 2.99. The molecule has 1 aromatic rings. The SMILES string of the molecule is CCNC1c2ccc(OC)cc2CCC1OCC1CC1. The van der Waals surface area contributed by atoms with Crippen molar-refractivity contribution in [3.05, 3.63) is 29.3 Å². The van der Waals surface area contributed by atoms with Crippen LogP contribution in [-0.4, -0.2) is 26.4 Å². The number of nitrogens with one attached hydrogen (secondary N) is 1. The van der Waals surface area contributed by atoms with Crippen molar-refractivity contribution < 1.29 is 9.47 Å². The molecule has 1 aromatic carbocycles. The predicted octanol–water partition coefficient (Wildman–Crippen LogP) is 3.09. The van der Waals surface area contributed by atoms with Crippen molar-refractivity contribution in [1.82, 2.24) is 5.32 Å². The van der Waals surface area contributed by atoms with Gasteiger partial charge in [0.25, 0.3) is 0 Å². The van der Waals surface area contributed by atoms with Crippen LogP contribution in [-0.2, 0) is 11.2 Å². The second-order valence-electron chi connectivity index (χ2n) is 5.95. The zero-order valence-corrected chi connectivity index (χ0v) is 12.5. The number of ether oxygens (including phenoxy) is 2. The van der Waals surface area contributed by atoms with Crippen LogP contribution < -0.4 is 10.1 Å². The first kappa shape index (κ1) is 13.9. The lowest BCUT2D eigenvalue weighted by molar-refractivity contribution is 0.0101. The summed E-state index contributed by atoms with van der Waals surface area (Å²) in [5, 5.41) is 3.61. The molecule has 0 aliphatic heterocycles. The maximum absolute atomic E-state index is 6.19. The number of methoxy groups -OCH3 is 1. The van der Waals surface area contributed by atoms with Crippen LogP contribution in [0.25, 0.3) is 0 Å². The average molecular weight is 275 g/mol. The molecule has 2 aliphatic carbocycles. The summed E-state index contributed by atoms with van der Waals surface area (Å²) in [5.41, 5.74) is 2.79. The summed E-state index contributed by atoms with van der Waals surface area (Å²) >= 11 is 0. The summed E-state index contributed by atoms with van der Waals surface area (Å²) in [7, 11) is 1.73. The van der Waals surface area contributed by atoms with E-state index in [0.717, 1.165) is 37.7 Å². The number of rotatable bonds is 6. The fourth-order valence-electron chi connectivity index (χ4n) is 3.08. The van der Waals surface area contributed by atoms with Gasteiger partial charge in [-0.3, -0.25) is 0 Å². The number of hydrogen-bond acceptors (Lipinski definition) is 3. The van der Waals surface area contributed by atoms with E-state index in [9.17, 15) is 0 Å². The summed E-state index contributed by atoms with van der Waals surface area (Å²) in [6.07, 6.45) is 5.21. The highest BCUT2D eigenvalue weighted by Crippen LogP contribution is 2.36. The lowest BCUT2D eigenvalue weighted by Crippen LogP contribution is -2.38. The van der Waals surface area contributed by atoms with E-state index in [1.165, 1.54) is 24.0 Å². The Morgan fingerprint density at radius 3 is 2.80 bits per heavy atom. The fourth-order valence-corrected chi connectivity index (χ4v) is 3.08. The molecule has 0 aromatic heterocycles. The molecule has 1 N–H and O–H groups in total. The van der Waals surface area contributed by atoms with Crippen molar-refractivity contribution in [3.8, 4) is 5.75 Å². The quantitative estimate of drug-likeness (QED) is 0.865. The van der Waals surface area contributed by atoms with Crippen LogP contribution in [0.4, 0.5) is 0 Å². The first-order valence-electron chi connectivity index (χ1n) is 7.83. The minimum atomic E-state index is 0.316. The highest BCUT2D eigenvalue weighted by atomic mass is 16.5. The molecule has 20 heavy (non-hydrogen) atoms. The molecule has 3 rings (SSSR count). The van der Waals surface area contributed by atoms with Gasteiger partial charge in [-0.05, 0) is 61.4 Å². The Hall–Kier alpha value is -1.06. The lowest BCUT2D eigenvalue weighted by atomic mass is 9.85. The van der Waals surface area contributed by atoms with E-state index >= 15 is 0 Å². The smallest absolute Gasteiger partial charge is 0.119 e. The molecule has 2 atom stereocenters. The van der Waals surface area contributed by atoms with Crippen LogP contribution >= 0.6 is 0 Å². The summed E-state index contributed by atoms with van der Waals surface area (Å²) < 4.78 is 11.5. The molecule has 110 valence electrons. The summed E-state index contributed by atoms with van der Waals surface area (Å²) in [6.45, 7) is 4.08. The Morgan fingerprint density at radius 1 is 1.25 bits per heavy atom. The molecule has 2 aliphatic rings. The van der Waals surface area contributed by atoms with E-state index in [-0.39, 0.29) is 0 Å². The number of fused-ring (bicyclic) bond motifs is 1. The van der Waals surface area contributed by atoms with Gasteiger partial charge in [-0.25, -0.2) is 0 Å². The zero-order valence-electron chi connectivity index (χ0n) is 12.5. The van der Waals surface area contributed by atoms with Crippen molar-refractivity contribution in [1.29, 1.82) is 0 Å². The van der Waals surface area contributed by atoms with E-state index in [1.54, 1.807) is 7.11 Å². The highest BCUT2D eigenvalue weighted by Gasteiger charge is 2.31. The largest absolute Gasteiger partial charge is 0.497 e. The Labute approximate surface area is 121 Å². The minimum Gasteiger partial charge on any atom is -0.497 e. The van der Waals surface area contributed by atoms with Gasteiger partial charge in [0.15, 0.2) is 0 Å². The van der Waals surface area contributed by atoms with Crippen LogP contribution in [0.1, 0.15) is 43.4 Å². The number of hydrogen-bond donors (Lipinski definition) is 1. The summed E-state index contributed by atoms with van der Waals surface area (Å²) in [6, 6.07) is 6.77. The molecule has 0 radical (unpaired) electrons. The number of benzene rings is 1. The van der Waals surface area contributed by atoms with Crippen LogP contribution in [0.5, 0.6) is 5.75 Å². The van der Waals surface area contributed by atoms with Crippen molar-refractivity contribution in [2.75, 3.05) is 20.3 Å². The first-order chi connectivity index (χ1) is 9.81. The highest BCUT2D eigenvalue weighted by molar-refractivity contribution is 5.40. The molecule has 0 saturated heterocycles. The minimum absolute atomic E-state index is 0.316. The van der Waals surface area contributed by atoms with Crippen molar-refractivity contribution in [2.45, 2.75) is 44.8 Å². The molecule has 0 spiro atoms. The van der Waals surface area contributed by atoms with Crippen LogP contribution in [0.3, 0.4) is 0 Å². The van der Waals surface area contributed by atoms with Crippen molar-refractivity contribution >= 4 is 0 Å². The van der Waals surface area contributed by atoms with Gasteiger partial charge < -0.3 is 14.8 Å². The molecule has 0 amide bonds. The molecule has 1 saturated carbocycles. The molecular formula is C17H25NO2. The molecule has 1 fully saturated rings. The molecule has 2 unspecified atom stereocenters. The third-order valence-electron chi connectivity index (χ3n) is 4.42. The van der Waals surface area contributed by atoms with Crippen LogP contribution in [0, 0.1) is 5.92 Å². The van der Waals surface area contributed by atoms with E-state index in [0.29, 0.717) is 12.1 Å². The van der Waals surface area contributed by atoms with Gasteiger partial charge in [-0.2, -0.15) is 0 Å². The second kappa shape index (κ2) is 6.15. The molecule has 3 heteroatoms. The second-order valence-corrected chi connectivity index (χ2v) is 5.95. The molecular weight excluding hydrogens is 250 g/mol. The number of likely N-dealkylation sites (N-methyl/N-ethyl adjacent to an activating group) is 1. The fraction of sp³-hybridized carbons (Fsp3) is 0.647. The van der Waals surface area contributed by atoms with E-state index < -0.39 is 0 Å². The summed E-state index contributed by atoms with van der Waals surface area (Å²) in [4.78, 5) is 0. The van der Waals surface area contributed by atoms with Gasteiger partial charge in [-0.15, -0.1) is 0 Å². The van der Waals surface area contributed by atoms with E-state index in [4.69, 9.17) is 9.47 Å². The molecule has 0 heterocycles. The molecule has 0 bridgehead atoms. The number of aryl methyl sites for hydroxylation is 1. The topological polar surface area (TPSA) is 30.5 Å². The Morgan fingerprint density at radius 2 is 2.10 bits per heavy atom. The molecule has 3 nitrogen and oxygen atoms in total. The van der Waals surface area contributed by atoms with Gasteiger partial charge in [-0.1, -0.05) is 13.0 Å². The van der Waals surface area contributed by atoms with Gasteiger partial charge in [0.05, 0.1) is 19.3 Å². The standard InChI is InChI=1S/C17H25NO2/c1-3-18-17-15-8-7-14(19-2)10-13(15)6-9-16(17)20-11-12-4-5-12/h7-8,10,12,16-18H,3-6,9,11H2,1-2H3. The zero-order chi connectivity index (χ0) is 13.9. The third-order valence-corrected chi connectivity index (χ3v) is 4.42. The maximum Gasteiger partial charge on any atom is 0.119 e. The van der Waals surface area contributed by atoms with Gasteiger partial charge in [0.2, 0.25) is 0 Å².